The molecule has 0 fully saturated rings. The number of halogens is 3. The number of nitrogens with zero attached hydrogens (tertiary/aromatic N) is 2. The van der Waals surface area contributed by atoms with Crippen molar-refractivity contribution >= 4 is 16.9 Å². The number of carbonyl (C=O) groups is 1. The number of ether oxygens (including phenoxy) is 2. The fraction of sp³-hybridized carbons (Fsp3) is 0.355. The van der Waals surface area contributed by atoms with Crippen LogP contribution >= 0.6 is 0 Å². The Morgan fingerprint density at radius 2 is 1.88 bits per heavy atom. The number of rotatable bonds is 10. The van der Waals surface area contributed by atoms with Crippen LogP contribution in [0.5, 0.6) is 5.75 Å². The van der Waals surface area contributed by atoms with E-state index >= 15 is 8.78 Å². The third-order valence-electron chi connectivity index (χ3n) is 7.17. The number of alkyl halides is 1. The summed E-state index contributed by atoms with van der Waals surface area (Å²) in [6, 6.07) is 12.4. The highest BCUT2D eigenvalue weighted by atomic mass is 19.1. The predicted octanol–water partition coefficient (Wildman–Crippen LogP) is 6.11. The number of carboxylic acid groups (broad SMARTS) is 1. The Morgan fingerprint density at radius 3 is 2.54 bits per heavy atom. The average molecular weight is 568 g/mol. The molecule has 10 heteroatoms. The maximum atomic E-state index is 15.8. The lowest BCUT2D eigenvalue weighted by Gasteiger charge is -2.43. The Hall–Kier alpha value is -3.89. The average Bonchev–Trinajstić information content (AvgIpc) is 3.26. The van der Waals surface area contributed by atoms with E-state index in [0.717, 1.165) is 28.6 Å². The summed E-state index contributed by atoms with van der Waals surface area (Å²) in [6.45, 7) is 4.50. The topological polar surface area (TPSA) is 87.7 Å². The summed E-state index contributed by atoms with van der Waals surface area (Å²) < 4.78 is 57.3. The van der Waals surface area contributed by atoms with Crippen LogP contribution in [-0.2, 0) is 29.2 Å². The van der Waals surface area contributed by atoms with Gasteiger partial charge in [0.1, 0.15) is 36.3 Å². The monoisotopic (exact) mass is 567 g/mol. The first kappa shape index (κ1) is 28.6. The van der Waals surface area contributed by atoms with Crippen LogP contribution in [0.15, 0.2) is 54.7 Å². The van der Waals surface area contributed by atoms with Crippen LogP contribution in [0.1, 0.15) is 54.9 Å². The number of benzene rings is 2. The van der Waals surface area contributed by atoms with Gasteiger partial charge in [-0.2, -0.15) is 0 Å². The molecule has 4 aromatic rings. The molecular weight excluding hydrogens is 535 g/mol. The molecule has 0 spiro atoms. The molecule has 1 aliphatic heterocycles. The molecule has 2 aromatic heterocycles. The molecule has 216 valence electrons. The molecule has 0 saturated heterocycles. The second-order valence-electron chi connectivity index (χ2n) is 11.0. The number of pyridine rings is 1. The van der Waals surface area contributed by atoms with Gasteiger partial charge in [0.15, 0.2) is 0 Å². The molecule has 0 bridgehead atoms. The van der Waals surface area contributed by atoms with Crippen molar-refractivity contribution in [2.75, 3.05) is 13.2 Å². The summed E-state index contributed by atoms with van der Waals surface area (Å²) in [6.07, 6.45) is 2.15. The Labute approximate surface area is 235 Å². The lowest BCUT2D eigenvalue weighted by Crippen LogP contribution is -2.48. The number of para-hydroxylation sites is 1. The van der Waals surface area contributed by atoms with Gasteiger partial charge in [0, 0.05) is 58.6 Å². The lowest BCUT2D eigenvalue weighted by atomic mass is 9.87. The highest BCUT2D eigenvalue weighted by molar-refractivity contribution is 5.85. The molecule has 0 radical (unpaired) electrons. The fourth-order valence-electron chi connectivity index (χ4n) is 5.44. The zero-order valence-corrected chi connectivity index (χ0v) is 23.1. The van der Waals surface area contributed by atoms with E-state index < -0.39 is 35.9 Å². The van der Waals surface area contributed by atoms with Crippen molar-refractivity contribution in [1.29, 1.82) is 0 Å². The van der Waals surface area contributed by atoms with Gasteiger partial charge in [-0.1, -0.05) is 24.3 Å². The third kappa shape index (κ3) is 6.39. The van der Waals surface area contributed by atoms with Crippen molar-refractivity contribution in [3.05, 3.63) is 94.4 Å². The number of aliphatic carboxylic acids is 1. The van der Waals surface area contributed by atoms with Crippen LogP contribution in [0.4, 0.5) is 13.2 Å². The zero-order valence-electron chi connectivity index (χ0n) is 23.1. The number of hydrogen-bond donors (Lipinski definition) is 2. The number of fused-ring (bicyclic) bond motifs is 3. The van der Waals surface area contributed by atoms with Crippen LogP contribution in [0.25, 0.3) is 10.9 Å². The molecule has 7 nitrogen and oxygen atoms in total. The van der Waals surface area contributed by atoms with Crippen molar-refractivity contribution in [2.24, 2.45) is 0 Å². The summed E-state index contributed by atoms with van der Waals surface area (Å²) in [5.74, 6) is -2.63. The largest absolute Gasteiger partial charge is 0.489 e. The van der Waals surface area contributed by atoms with Crippen molar-refractivity contribution in [2.45, 2.75) is 58.2 Å². The SMILES string of the molecule is C[C@@H]1Cc2c([nH]c3ccccc23)[C@@H](c2c(F)cc(OCc3ccc(COCC(=O)O)nc3)cc2F)N1CC(C)(C)F. The Kier molecular flexibility index (Phi) is 8.06. The van der Waals surface area contributed by atoms with Crippen molar-refractivity contribution in [1.82, 2.24) is 14.9 Å². The first-order valence-electron chi connectivity index (χ1n) is 13.4. The Morgan fingerprint density at radius 1 is 1.15 bits per heavy atom. The normalized spacial score (nSPS) is 17.5. The van der Waals surface area contributed by atoms with Gasteiger partial charge < -0.3 is 19.6 Å². The van der Waals surface area contributed by atoms with Crippen molar-refractivity contribution in [3.8, 4) is 5.75 Å². The van der Waals surface area contributed by atoms with E-state index in [4.69, 9.17) is 14.6 Å². The summed E-state index contributed by atoms with van der Waals surface area (Å²) in [4.78, 5) is 20.0. The molecule has 1 aliphatic rings. The van der Waals surface area contributed by atoms with Gasteiger partial charge in [-0.15, -0.1) is 0 Å². The van der Waals surface area contributed by atoms with E-state index in [1.165, 1.54) is 20.0 Å². The van der Waals surface area contributed by atoms with Gasteiger partial charge >= 0.3 is 5.97 Å². The molecule has 3 heterocycles. The maximum absolute atomic E-state index is 15.8. The highest BCUT2D eigenvalue weighted by Crippen LogP contribution is 2.43. The molecular formula is C31H32F3N3O4. The minimum absolute atomic E-state index is 0.00485. The molecule has 41 heavy (non-hydrogen) atoms. The van der Waals surface area contributed by atoms with E-state index in [1.54, 1.807) is 12.1 Å². The standard InChI is InChI=1S/C31H32F3N3O4/c1-18-10-23-22-6-4-5-7-26(22)36-29(23)30(37(18)17-31(2,3)34)28-24(32)11-21(12-25(28)33)41-14-19-8-9-20(35-13-19)15-40-16-27(38)39/h4-9,11-13,18,30,36H,10,14-17H2,1-3H3,(H,38,39)/t18-,30-/m1/s1. The number of aromatic amines is 1. The second-order valence-corrected chi connectivity index (χ2v) is 11.0. The Bertz CT molecular complexity index is 1530. The van der Waals surface area contributed by atoms with Crippen molar-refractivity contribution in [3.63, 3.8) is 0 Å². The van der Waals surface area contributed by atoms with Crippen LogP contribution in [0.3, 0.4) is 0 Å². The number of carboxylic acids is 1. The van der Waals surface area contributed by atoms with Crippen LogP contribution in [0.2, 0.25) is 0 Å². The summed E-state index contributed by atoms with van der Waals surface area (Å²) >= 11 is 0. The van der Waals surface area contributed by atoms with Gasteiger partial charge in [0.2, 0.25) is 0 Å². The Balaban J connectivity index is 1.41. The molecule has 0 aliphatic carbocycles. The third-order valence-corrected chi connectivity index (χ3v) is 7.17. The van der Waals surface area contributed by atoms with Gasteiger partial charge in [0.05, 0.1) is 18.3 Å². The van der Waals surface area contributed by atoms with Gasteiger partial charge in [-0.25, -0.2) is 18.0 Å². The van der Waals surface area contributed by atoms with Crippen LogP contribution in [0, 0.1) is 11.6 Å². The van der Waals surface area contributed by atoms with Gasteiger partial charge in [0.25, 0.3) is 0 Å². The smallest absolute Gasteiger partial charge is 0.329 e. The number of aromatic nitrogens is 2. The van der Waals surface area contributed by atoms with Crippen LogP contribution in [-0.4, -0.2) is 50.8 Å². The maximum Gasteiger partial charge on any atom is 0.329 e. The number of H-pyrrole nitrogens is 1. The molecule has 0 unspecified atom stereocenters. The van der Waals surface area contributed by atoms with E-state index in [2.05, 4.69) is 9.97 Å². The predicted molar refractivity (Wildman–Crippen MR) is 147 cm³/mol. The fourth-order valence-corrected chi connectivity index (χ4v) is 5.44. The molecule has 0 amide bonds. The number of hydrogen-bond acceptors (Lipinski definition) is 5. The minimum atomic E-state index is -1.59. The van der Waals surface area contributed by atoms with Crippen molar-refractivity contribution < 1.29 is 32.5 Å². The number of nitrogens with one attached hydrogen (secondary N) is 1. The zero-order chi connectivity index (χ0) is 29.3. The van der Waals surface area contributed by atoms with E-state index in [1.807, 2.05) is 36.1 Å². The quantitative estimate of drug-likeness (QED) is 0.241. The molecule has 2 aromatic carbocycles. The highest BCUT2D eigenvalue weighted by Gasteiger charge is 2.41. The van der Waals surface area contributed by atoms with E-state index in [0.29, 0.717) is 23.4 Å². The second kappa shape index (κ2) is 11.5. The summed E-state index contributed by atoms with van der Waals surface area (Å²) in [5, 5.41) is 9.65. The lowest BCUT2D eigenvalue weighted by molar-refractivity contribution is -0.142. The van der Waals surface area contributed by atoms with E-state index in [9.17, 15) is 9.18 Å². The summed E-state index contributed by atoms with van der Waals surface area (Å²) in [7, 11) is 0. The first-order valence-corrected chi connectivity index (χ1v) is 13.4. The van der Waals surface area contributed by atoms with Gasteiger partial charge in [-0.3, -0.25) is 9.88 Å². The molecule has 2 N–H and O–H groups in total. The van der Waals surface area contributed by atoms with Gasteiger partial charge in [-0.05, 0) is 44.9 Å². The molecule has 5 rings (SSSR count). The van der Waals surface area contributed by atoms with Crippen LogP contribution < -0.4 is 4.74 Å². The first-order chi connectivity index (χ1) is 19.5. The molecule has 0 saturated carbocycles. The van der Waals surface area contributed by atoms with E-state index in [-0.39, 0.29) is 37.1 Å². The molecule has 2 atom stereocenters. The summed E-state index contributed by atoms with van der Waals surface area (Å²) in [5.41, 5.74) is 1.96. The minimum Gasteiger partial charge on any atom is -0.489 e.